The standard InChI is InChI=1S/C45H51N3O14/c1-4-27-29(21-60-3)41(55)37-36(39(27)53)40(54)28-17-45(59,32(50)20-49)18-31(35(28)42(37)56)62-34-16-30(38(52)22(2)61-34)47-44(58)25-11-13-26(14-12-25)46-43(57)24-9-7-23(8-10-24)19-48-15-5-6-33(48)51/h4-6,11-14,22-24,30-31,34,38,49,52,54,56,59H,1,7-10,15-21H2,2-3H3,(H,46,57)(H,47,58)/t22-,23?,24?,30-,31-,34-,38+,45-/m0/s1. The van der Waals surface area contributed by atoms with Gasteiger partial charge in [0.1, 0.15) is 29.8 Å². The fraction of sp³-hybridized carbons (Fsp3) is 0.467. The predicted molar refractivity (Wildman–Crippen MR) is 219 cm³/mol. The molecule has 3 aliphatic carbocycles. The number of aliphatic hydroxyl groups excluding tert-OH is 2. The number of rotatable bonds is 13. The number of amides is 3. The third-order valence-corrected chi connectivity index (χ3v) is 12.7. The monoisotopic (exact) mass is 857 g/mol. The van der Waals surface area contributed by atoms with E-state index in [2.05, 4.69) is 17.2 Å². The van der Waals surface area contributed by atoms with Crippen LogP contribution in [-0.2, 0) is 35.0 Å². The quantitative estimate of drug-likeness (QED) is 0.143. The fourth-order valence-electron chi connectivity index (χ4n) is 9.28. The summed E-state index contributed by atoms with van der Waals surface area (Å²) in [5.74, 6) is -4.73. The van der Waals surface area contributed by atoms with Crippen molar-refractivity contribution in [1.29, 1.82) is 0 Å². The van der Waals surface area contributed by atoms with Gasteiger partial charge in [0.05, 0.1) is 36.0 Å². The van der Waals surface area contributed by atoms with E-state index in [-0.39, 0.29) is 58.6 Å². The molecule has 2 aromatic rings. The van der Waals surface area contributed by atoms with E-state index in [9.17, 15) is 54.3 Å². The molecule has 2 aliphatic heterocycles. The summed E-state index contributed by atoms with van der Waals surface area (Å²) in [6.07, 6.45) is 1.28. The van der Waals surface area contributed by atoms with Crippen molar-refractivity contribution in [3.8, 4) is 11.5 Å². The minimum absolute atomic E-state index is 0.0252. The van der Waals surface area contributed by atoms with Crippen molar-refractivity contribution in [2.75, 3.05) is 38.7 Å². The predicted octanol–water partition coefficient (Wildman–Crippen LogP) is 2.34. The number of carbonyl (C=O) groups excluding carboxylic acids is 6. The summed E-state index contributed by atoms with van der Waals surface area (Å²) < 4.78 is 17.3. The van der Waals surface area contributed by atoms with Gasteiger partial charge in [-0.25, -0.2) is 0 Å². The third kappa shape index (κ3) is 8.48. The zero-order chi connectivity index (χ0) is 44.6. The first-order chi connectivity index (χ1) is 29.6. The van der Waals surface area contributed by atoms with E-state index in [1.54, 1.807) is 18.2 Å². The molecule has 0 aromatic heterocycles. The maximum atomic E-state index is 13.8. The third-order valence-electron chi connectivity index (χ3n) is 12.7. The molecule has 6 atom stereocenters. The van der Waals surface area contributed by atoms with E-state index in [1.807, 2.05) is 11.0 Å². The van der Waals surface area contributed by atoms with E-state index in [1.165, 1.54) is 26.2 Å². The van der Waals surface area contributed by atoms with E-state index >= 15 is 0 Å². The number of ether oxygens (including phenoxy) is 3. The van der Waals surface area contributed by atoms with Gasteiger partial charge in [-0.1, -0.05) is 18.7 Å². The van der Waals surface area contributed by atoms with Crippen molar-refractivity contribution in [1.82, 2.24) is 10.2 Å². The molecule has 7 N–H and O–H groups in total. The molecule has 0 bridgehead atoms. The van der Waals surface area contributed by atoms with Gasteiger partial charge in [-0.05, 0) is 62.8 Å². The van der Waals surface area contributed by atoms with Crippen LogP contribution in [0.15, 0.2) is 60.2 Å². The van der Waals surface area contributed by atoms with Crippen LogP contribution in [0.5, 0.6) is 11.5 Å². The lowest BCUT2D eigenvalue weighted by Crippen LogP contribution is -2.55. The van der Waals surface area contributed by atoms with Gasteiger partial charge < -0.3 is 55.3 Å². The molecule has 0 spiro atoms. The number of fused-ring (bicyclic) bond motifs is 2. The molecule has 330 valence electrons. The van der Waals surface area contributed by atoms with Crippen molar-refractivity contribution in [2.24, 2.45) is 11.8 Å². The smallest absolute Gasteiger partial charge is 0.251 e. The van der Waals surface area contributed by atoms with Gasteiger partial charge in [-0.2, -0.15) is 0 Å². The normalized spacial score (nSPS) is 28.4. The first-order valence-electron chi connectivity index (χ1n) is 20.7. The molecular weight excluding hydrogens is 807 g/mol. The van der Waals surface area contributed by atoms with Gasteiger partial charge in [-0.15, -0.1) is 0 Å². The Morgan fingerprint density at radius 1 is 1.03 bits per heavy atom. The van der Waals surface area contributed by atoms with Gasteiger partial charge in [0.15, 0.2) is 23.6 Å². The summed E-state index contributed by atoms with van der Waals surface area (Å²) >= 11 is 0. The summed E-state index contributed by atoms with van der Waals surface area (Å²) in [6, 6.07) is 5.27. The number of allylic oxidation sites excluding steroid dienone is 2. The number of phenols is 2. The second-order valence-electron chi connectivity index (χ2n) is 16.7. The summed E-state index contributed by atoms with van der Waals surface area (Å²) in [4.78, 5) is 80.8. The van der Waals surface area contributed by atoms with Gasteiger partial charge in [0.2, 0.25) is 11.8 Å². The van der Waals surface area contributed by atoms with Crippen LogP contribution in [0.1, 0.15) is 93.8 Å². The van der Waals surface area contributed by atoms with Crippen LogP contribution in [0.3, 0.4) is 0 Å². The molecule has 17 heteroatoms. The Labute approximate surface area is 357 Å². The highest BCUT2D eigenvalue weighted by Crippen LogP contribution is 2.52. The average molecular weight is 858 g/mol. The van der Waals surface area contributed by atoms with Crippen LogP contribution in [0.4, 0.5) is 5.69 Å². The Hall–Kier alpha value is -5.56. The van der Waals surface area contributed by atoms with Crippen molar-refractivity contribution in [3.63, 3.8) is 0 Å². The molecule has 3 amide bonds. The second kappa shape index (κ2) is 18.0. The van der Waals surface area contributed by atoms with E-state index in [0.29, 0.717) is 37.5 Å². The first kappa shape index (κ1) is 44.5. The lowest BCUT2D eigenvalue weighted by atomic mass is 9.72. The van der Waals surface area contributed by atoms with Crippen LogP contribution in [0.25, 0.3) is 0 Å². The Morgan fingerprint density at radius 2 is 1.73 bits per heavy atom. The summed E-state index contributed by atoms with van der Waals surface area (Å²) in [6.45, 7) is 5.03. The molecule has 2 heterocycles. The Balaban J connectivity index is 1.04. The molecule has 7 rings (SSSR count). The van der Waals surface area contributed by atoms with Crippen molar-refractivity contribution >= 4 is 40.8 Å². The highest BCUT2D eigenvalue weighted by atomic mass is 16.7. The number of carbonyl (C=O) groups is 6. The number of nitrogens with one attached hydrogen (secondary N) is 2. The first-order valence-corrected chi connectivity index (χ1v) is 20.7. The summed E-state index contributed by atoms with van der Waals surface area (Å²) in [5, 5.41) is 61.5. The number of Topliss-reactive ketones (excluding diaryl/α,β-unsaturated/α-hetero) is 3. The molecule has 62 heavy (non-hydrogen) atoms. The number of aliphatic hydroxyl groups is 3. The van der Waals surface area contributed by atoms with Crippen molar-refractivity contribution in [3.05, 3.63) is 88.0 Å². The van der Waals surface area contributed by atoms with E-state index < -0.39 is 102 Å². The molecule has 17 nitrogen and oxygen atoms in total. The highest BCUT2D eigenvalue weighted by Gasteiger charge is 2.50. The van der Waals surface area contributed by atoms with Gasteiger partial charge >= 0.3 is 0 Å². The maximum absolute atomic E-state index is 13.8. The lowest BCUT2D eigenvalue weighted by Gasteiger charge is -2.43. The van der Waals surface area contributed by atoms with Gasteiger partial charge in [-0.3, -0.25) is 28.8 Å². The minimum Gasteiger partial charge on any atom is -0.507 e. The molecule has 0 unspecified atom stereocenters. The van der Waals surface area contributed by atoms with Crippen LogP contribution in [0, 0.1) is 11.8 Å². The number of hydrogen-bond acceptors (Lipinski definition) is 14. The Kier molecular flexibility index (Phi) is 12.9. The Bertz CT molecular complexity index is 2240. The molecule has 5 aliphatic rings. The lowest BCUT2D eigenvalue weighted by molar-refractivity contribution is -0.249. The van der Waals surface area contributed by atoms with E-state index in [4.69, 9.17) is 14.2 Å². The SMILES string of the molecule is C=CC1=C(COC)C(=O)c2c(O)c3c(c(O)c2C1=O)C[C@@](O)(C(=O)CO)C[C@@H]3O[C@H]1C[C@H](NC(=O)c2ccc(NC(=O)C3CCC(CN4CC=CC4=O)CC3)cc2)[C@H](O)[C@H](C)O1. The molecule has 1 saturated carbocycles. The number of nitrogens with zero attached hydrogens (tertiary/aromatic N) is 1. The zero-order valence-corrected chi connectivity index (χ0v) is 34.4. The van der Waals surface area contributed by atoms with Crippen LogP contribution in [0.2, 0.25) is 0 Å². The van der Waals surface area contributed by atoms with E-state index in [0.717, 1.165) is 18.9 Å². The molecular formula is C45H51N3O14. The van der Waals surface area contributed by atoms with Crippen LogP contribution >= 0.6 is 0 Å². The molecule has 2 fully saturated rings. The number of phenolic OH excluding ortho intramolecular Hbond substituents is 2. The van der Waals surface area contributed by atoms with Gasteiger partial charge in [0.25, 0.3) is 5.91 Å². The molecule has 0 radical (unpaired) electrons. The number of benzene rings is 2. The average Bonchev–Trinajstić information content (AvgIpc) is 3.66. The number of aromatic hydroxyl groups is 2. The fourth-order valence-corrected chi connectivity index (χ4v) is 9.28. The summed E-state index contributed by atoms with van der Waals surface area (Å²) in [7, 11) is 1.30. The van der Waals surface area contributed by atoms with Crippen LogP contribution in [-0.4, -0.2) is 129 Å². The van der Waals surface area contributed by atoms with Crippen molar-refractivity contribution in [2.45, 2.75) is 88.1 Å². The largest absolute Gasteiger partial charge is 0.507 e. The Morgan fingerprint density at radius 3 is 2.35 bits per heavy atom. The number of hydrogen-bond donors (Lipinski definition) is 7. The number of anilines is 1. The molecule has 2 aromatic carbocycles. The minimum atomic E-state index is -2.36. The second-order valence-corrected chi connectivity index (χ2v) is 16.7. The zero-order valence-electron chi connectivity index (χ0n) is 34.4. The maximum Gasteiger partial charge on any atom is 0.251 e. The van der Waals surface area contributed by atoms with Crippen molar-refractivity contribution < 1.29 is 68.5 Å². The summed E-state index contributed by atoms with van der Waals surface area (Å²) in [5.41, 5.74) is -3.50. The van der Waals surface area contributed by atoms with Gasteiger partial charge in [0, 0.05) is 85.0 Å². The highest BCUT2D eigenvalue weighted by molar-refractivity contribution is 6.30. The molecule has 1 saturated heterocycles. The number of ketones is 3. The topological polar surface area (TPSA) is 259 Å². The number of methoxy groups -OCH3 is 1. The van der Waals surface area contributed by atoms with Crippen LogP contribution < -0.4 is 10.6 Å².